The Kier molecular flexibility index (Phi) is 5.08. The summed E-state index contributed by atoms with van der Waals surface area (Å²) < 4.78 is 0. The van der Waals surface area contributed by atoms with E-state index in [1.807, 2.05) is 9.80 Å². The molecule has 2 amide bonds. The zero-order valence-electron chi connectivity index (χ0n) is 13.3. The average molecular weight is 297 g/mol. The Balaban J connectivity index is 1.92. The van der Waals surface area contributed by atoms with Gasteiger partial charge in [-0.1, -0.05) is 6.92 Å². The van der Waals surface area contributed by atoms with Crippen LogP contribution in [0.4, 0.5) is 4.79 Å². The smallest absolute Gasteiger partial charge is 0.320 e. The Morgan fingerprint density at radius 1 is 1.19 bits per heavy atom. The summed E-state index contributed by atoms with van der Waals surface area (Å²) in [5.41, 5.74) is 0. The maximum atomic E-state index is 12.6. The van der Waals surface area contributed by atoms with Gasteiger partial charge in [0.1, 0.15) is 0 Å². The van der Waals surface area contributed by atoms with Gasteiger partial charge in [0.15, 0.2) is 0 Å². The van der Waals surface area contributed by atoms with Crippen molar-refractivity contribution >= 4 is 12.0 Å². The fraction of sp³-hybridized carbons (Fsp3) is 0.867. The highest BCUT2D eigenvalue weighted by molar-refractivity contribution is 5.75. The fourth-order valence-corrected chi connectivity index (χ4v) is 3.63. The monoisotopic (exact) mass is 297 g/mol. The molecule has 2 aliphatic heterocycles. The summed E-state index contributed by atoms with van der Waals surface area (Å²) in [7, 11) is 4.11. The summed E-state index contributed by atoms with van der Waals surface area (Å²) in [4.78, 5) is 29.4. The van der Waals surface area contributed by atoms with E-state index in [-0.39, 0.29) is 18.4 Å². The van der Waals surface area contributed by atoms with E-state index < -0.39 is 5.97 Å². The van der Waals surface area contributed by atoms with Gasteiger partial charge in [0, 0.05) is 38.6 Å². The molecule has 3 unspecified atom stereocenters. The fourth-order valence-electron chi connectivity index (χ4n) is 3.63. The molecular formula is C15H27N3O3. The predicted molar refractivity (Wildman–Crippen MR) is 80.2 cm³/mol. The lowest BCUT2D eigenvalue weighted by molar-refractivity contribution is -0.138. The van der Waals surface area contributed by atoms with E-state index in [4.69, 9.17) is 5.11 Å². The maximum Gasteiger partial charge on any atom is 0.320 e. The summed E-state index contributed by atoms with van der Waals surface area (Å²) >= 11 is 0. The van der Waals surface area contributed by atoms with Gasteiger partial charge in [0.2, 0.25) is 0 Å². The molecule has 1 N–H and O–H groups in total. The van der Waals surface area contributed by atoms with Crippen LogP contribution in [-0.2, 0) is 4.79 Å². The number of amides is 2. The quantitative estimate of drug-likeness (QED) is 0.849. The lowest BCUT2D eigenvalue weighted by atomic mass is 9.95. The summed E-state index contributed by atoms with van der Waals surface area (Å²) in [6.07, 6.45) is 1.98. The van der Waals surface area contributed by atoms with Gasteiger partial charge in [-0.05, 0) is 38.8 Å². The maximum absolute atomic E-state index is 12.6. The van der Waals surface area contributed by atoms with E-state index in [2.05, 4.69) is 25.9 Å². The molecule has 120 valence electrons. The standard InChI is InChI=1S/C15H27N3O3/c1-11-8-18(10-13(11)16(2)3)15(21)17-6-4-5-12(9-17)7-14(19)20/h11-13H,4-10H2,1-3H3,(H,19,20). The summed E-state index contributed by atoms with van der Waals surface area (Å²) in [5.74, 6) is -0.190. The third-order valence-corrected chi connectivity index (χ3v) is 4.76. The van der Waals surface area contributed by atoms with Gasteiger partial charge in [-0.15, -0.1) is 0 Å². The second kappa shape index (κ2) is 6.64. The van der Waals surface area contributed by atoms with E-state index >= 15 is 0 Å². The Bertz CT molecular complexity index is 400. The van der Waals surface area contributed by atoms with Gasteiger partial charge in [0.25, 0.3) is 0 Å². The number of urea groups is 1. The molecular weight excluding hydrogens is 270 g/mol. The minimum absolute atomic E-state index is 0.0845. The molecule has 6 nitrogen and oxygen atoms in total. The average Bonchev–Trinajstić information content (AvgIpc) is 2.79. The van der Waals surface area contributed by atoms with Crippen molar-refractivity contribution in [2.75, 3.05) is 40.3 Å². The molecule has 21 heavy (non-hydrogen) atoms. The zero-order chi connectivity index (χ0) is 15.6. The van der Waals surface area contributed by atoms with Gasteiger partial charge in [-0.3, -0.25) is 4.79 Å². The molecule has 2 heterocycles. The second-order valence-corrected chi connectivity index (χ2v) is 6.75. The second-order valence-electron chi connectivity index (χ2n) is 6.75. The molecule has 0 aromatic heterocycles. The molecule has 0 spiro atoms. The highest BCUT2D eigenvalue weighted by Crippen LogP contribution is 2.24. The first-order valence-electron chi connectivity index (χ1n) is 7.80. The van der Waals surface area contributed by atoms with E-state index in [0.717, 1.165) is 32.5 Å². The molecule has 2 rings (SSSR count). The number of nitrogens with zero attached hydrogens (tertiary/aromatic N) is 3. The zero-order valence-corrected chi connectivity index (χ0v) is 13.3. The van der Waals surface area contributed by atoms with Crippen LogP contribution in [0.5, 0.6) is 0 Å². The molecule has 0 saturated carbocycles. The highest BCUT2D eigenvalue weighted by atomic mass is 16.4. The normalized spacial score (nSPS) is 30.0. The van der Waals surface area contributed by atoms with E-state index in [1.54, 1.807) is 0 Å². The molecule has 2 fully saturated rings. The number of rotatable bonds is 3. The predicted octanol–water partition coefficient (Wildman–Crippen LogP) is 1.18. The van der Waals surface area contributed by atoms with Gasteiger partial charge in [-0.2, -0.15) is 0 Å². The molecule has 2 saturated heterocycles. The number of carbonyl (C=O) groups is 2. The molecule has 3 atom stereocenters. The van der Waals surface area contributed by atoms with Crippen molar-refractivity contribution in [1.29, 1.82) is 0 Å². The van der Waals surface area contributed by atoms with Crippen molar-refractivity contribution in [3.05, 3.63) is 0 Å². The molecule has 0 bridgehead atoms. The highest BCUT2D eigenvalue weighted by Gasteiger charge is 2.36. The third-order valence-electron chi connectivity index (χ3n) is 4.76. The Labute approximate surface area is 126 Å². The van der Waals surface area contributed by atoms with Crippen LogP contribution in [0.25, 0.3) is 0 Å². The number of hydrogen-bond donors (Lipinski definition) is 1. The first-order valence-corrected chi connectivity index (χ1v) is 7.80. The van der Waals surface area contributed by atoms with Gasteiger partial charge >= 0.3 is 12.0 Å². The van der Waals surface area contributed by atoms with Gasteiger partial charge in [-0.25, -0.2) is 4.79 Å². The first kappa shape index (κ1) is 16.1. The van der Waals surface area contributed by atoms with Crippen LogP contribution < -0.4 is 0 Å². The number of carbonyl (C=O) groups excluding carboxylic acids is 1. The Hall–Kier alpha value is -1.30. The van der Waals surface area contributed by atoms with Crippen molar-refractivity contribution < 1.29 is 14.7 Å². The van der Waals surface area contributed by atoms with Crippen molar-refractivity contribution in [2.24, 2.45) is 11.8 Å². The van der Waals surface area contributed by atoms with Crippen molar-refractivity contribution in [1.82, 2.24) is 14.7 Å². The number of carboxylic acids is 1. The van der Waals surface area contributed by atoms with Crippen molar-refractivity contribution in [2.45, 2.75) is 32.2 Å². The van der Waals surface area contributed by atoms with Crippen LogP contribution in [0, 0.1) is 11.8 Å². The lowest BCUT2D eigenvalue weighted by Gasteiger charge is -2.35. The number of carboxylic acid groups (broad SMARTS) is 1. The minimum atomic E-state index is -0.767. The summed E-state index contributed by atoms with van der Waals surface area (Å²) in [5, 5.41) is 8.91. The number of piperidine rings is 1. The van der Waals surface area contributed by atoms with Crippen molar-refractivity contribution in [3.63, 3.8) is 0 Å². The first-order chi connectivity index (χ1) is 9.88. The van der Waals surface area contributed by atoms with Gasteiger partial charge in [0.05, 0.1) is 0 Å². The number of aliphatic carboxylic acids is 1. The van der Waals surface area contributed by atoms with Crippen LogP contribution in [0.3, 0.4) is 0 Å². The van der Waals surface area contributed by atoms with E-state index in [9.17, 15) is 9.59 Å². The lowest BCUT2D eigenvalue weighted by Crippen LogP contribution is -2.47. The van der Waals surface area contributed by atoms with E-state index in [1.165, 1.54) is 0 Å². The van der Waals surface area contributed by atoms with E-state index in [0.29, 0.717) is 18.5 Å². The number of hydrogen-bond acceptors (Lipinski definition) is 3. The molecule has 0 radical (unpaired) electrons. The molecule has 0 aliphatic carbocycles. The minimum Gasteiger partial charge on any atom is -0.481 e. The van der Waals surface area contributed by atoms with Crippen molar-refractivity contribution in [3.8, 4) is 0 Å². The molecule has 2 aliphatic rings. The van der Waals surface area contributed by atoms with Crippen LogP contribution >= 0.6 is 0 Å². The summed E-state index contributed by atoms with van der Waals surface area (Å²) in [6, 6.07) is 0.495. The number of likely N-dealkylation sites (N-methyl/N-ethyl adjacent to an activating group) is 1. The Morgan fingerprint density at radius 2 is 1.90 bits per heavy atom. The van der Waals surface area contributed by atoms with Crippen LogP contribution in [-0.4, -0.2) is 78.1 Å². The molecule has 0 aromatic carbocycles. The Morgan fingerprint density at radius 3 is 2.48 bits per heavy atom. The topological polar surface area (TPSA) is 64.1 Å². The number of likely N-dealkylation sites (tertiary alicyclic amines) is 2. The molecule has 6 heteroatoms. The van der Waals surface area contributed by atoms with Crippen LogP contribution in [0.2, 0.25) is 0 Å². The third kappa shape index (κ3) is 3.87. The van der Waals surface area contributed by atoms with Gasteiger partial charge < -0.3 is 19.8 Å². The van der Waals surface area contributed by atoms with Crippen LogP contribution in [0.1, 0.15) is 26.2 Å². The van der Waals surface area contributed by atoms with Crippen LogP contribution in [0.15, 0.2) is 0 Å². The molecule has 0 aromatic rings. The SMILES string of the molecule is CC1CN(C(=O)N2CCCC(CC(=O)O)C2)CC1N(C)C. The summed E-state index contributed by atoms with van der Waals surface area (Å²) in [6.45, 7) is 5.09. The largest absolute Gasteiger partial charge is 0.481 e.